The first-order valence-electron chi connectivity index (χ1n) is 9.25. The molecule has 4 rings (SSSR count). The molecule has 4 aromatic rings. The standard InChI is InChI=1S/C23H19BrN2O3/c1-3-28-20-11-10-15(12-17(20)24)22(27)25-19-13-16(9-8-14(19)2)23-26-18-6-4-5-7-21(18)29-23/h4-13H,3H2,1-2H3,(H,25,27). The molecular formula is C23H19BrN2O3. The van der Waals surface area contributed by atoms with E-state index in [0.717, 1.165) is 26.7 Å². The zero-order chi connectivity index (χ0) is 20.4. The van der Waals surface area contributed by atoms with Gasteiger partial charge in [-0.05, 0) is 77.8 Å². The third-order valence-electron chi connectivity index (χ3n) is 4.52. The van der Waals surface area contributed by atoms with Gasteiger partial charge in [-0.3, -0.25) is 4.79 Å². The van der Waals surface area contributed by atoms with E-state index in [1.807, 2.05) is 56.3 Å². The van der Waals surface area contributed by atoms with Gasteiger partial charge in [0.25, 0.3) is 5.91 Å². The fraction of sp³-hybridized carbons (Fsp3) is 0.130. The number of aromatic nitrogens is 1. The van der Waals surface area contributed by atoms with Crippen molar-refractivity contribution < 1.29 is 13.9 Å². The molecule has 0 fully saturated rings. The van der Waals surface area contributed by atoms with Gasteiger partial charge in [-0.25, -0.2) is 4.98 Å². The topological polar surface area (TPSA) is 64.4 Å². The van der Waals surface area contributed by atoms with Crippen LogP contribution in [0.15, 0.2) is 69.6 Å². The van der Waals surface area contributed by atoms with E-state index in [9.17, 15) is 4.79 Å². The third kappa shape index (κ3) is 4.03. The molecule has 1 N–H and O–H groups in total. The molecule has 1 amide bonds. The van der Waals surface area contributed by atoms with Crippen molar-refractivity contribution in [1.29, 1.82) is 0 Å². The Morgan fingerprint density at radius 3 is 2.72 bits per heavy atom. The Labute approximate surface area is 176 Å². The van der Waals surface area contributed by atoms with E-state index < -0.39 is 0 Å². The first kappa shape index (κ1) is 19.2. The number of aryl methyl sites for hydroxylation is 1. The van der Waals surface area contributed by atoms with Crippen molar-refractivity contribution in [3.05, 3.63) is 76.3 Å². The van der Waals surface area contributed by atoms with E-state index in [1.165, 1.54) is 0 Å². The fourth-order valence-electron chi connectivity index (χ4n) is 2.99. The monoisotopic (exact) mass is 450 g/mol. The van der Waals surface area contributed by atoms with Crippen molar-refractivity contribution in [2.24, 2.45) is 0 Å². The number of nitrogens with one attached hydrogen (secondary N) is 1. The van der Waals surface area contributed by atoms with Crippen LogP contribution in [0, 0.1) is 6.92 Å². The minimum Gasteiger partial charge on any atom is -0.493 e. The third-order valence-corrected chi connectivity index (χ3v) is 5.14. The van der Waals surface area contributed by atoms with Crippen molar-refractivity contribution in [3.63, 3.8) is 0 Å². The second-order valence-electron chi connectivity index (χ2n) is 6.55. The summed E-state index contributed by atoms with van der Waals surface area (Å²) in [4.78, 5) is 17.3. The van der Waals surface area contributed by atoms with Gasteiger partial charge < -0.3 is 14.5 Å². The van der Waals surface area contributed by atoms with Crippen molar-refractivity contribution in [1.82, 2.24) is 4.98 Å². The lowest BCUT2D eigenvalue weighted by Crippen LogP contribution is -2.13. The Balaban J connectivity index is 1.61. The van der Waals surface area contributed by atoms with Crippen LogP contribution in [-0.2, 0) is 0 Å². The summed E-state index contributed by atoms with van der Waals surface area (Å²) in [5, 5.41) is 2.98. The predicted octanol–water partition coefficient (Wildman–Crippen LogP) is 6.22. The molecule has 1 aromatic heterocycles. The number of benzene rings is 3. The Bertz CT molecular complexity index is 1170. The quantitative estimate of drug-likeness (QED) is 0.392. The number of carbonyl (C=O) groups is 1. The largest absolute Gasteiger partial charge is 0.493 e. The van der Waals surface area contributed by atoms with E-state index in [4.69, 9.17) is 9.15 Å². The lowest BCUT2D eigenvalue weighted by Gasteiger charge is -2.11. The van der Waals surface area contributed by atoms with Gasteiger partial charge in [0.05, 0.1) is 11.1 Å². The number of oxazole rings is 1. The number of nitrogens with zero attached hydrogens (tertiary/aromatic N) is 1. The summed E-state index contributed by atoms with van der Waals surface area (Å²) in [6, 6.07) is 18.6. The first-order valence-corrected chi connectivity index (χ1v) is 10.0. The zero-order valence-corrected chi connectivity index (χ0v) is 17.6. The summed E-state index contributed by atoms with van der Waals surface area (Å²) < 4.78 is 12.1. The molecule has 3 aromatic carbocycles. The molecule has 0 aliphatic rings. The highest BCUT2D eigenvalue weighted by Gasteiger charge is 2.13. The average molecular weight is 451 g/mol. The Hall–Kier alpha value is -3.12. The summed E-state index contributed by atoms with van der Waals surface area (Å²) in [5.74, 6) is 1.02. The SMILES string of the molecule is CCOc1ccc(C(=O)Nc2cc(-c3nc4ccccc4o3)ccc2C)cc1Br. The number of hydrogen-bond acceptors (Lipinski definition) is 4. The van der Waals surface area contributed by atoms with Crippen molar-refractivity contribution in [2.45, 2.75) is 13.8 Å². The van der Waals surface area contributed by atoms with E-state index in [-0.39, 0.29) is 5.91 Å². The summed E-state index contributed by atoms with van der Waals surface area (Å²) >= 11 is 3.45. The molecule has 5 nitrogen and oxygen atoms in total. The molecule has 0 unspecified atom stereocenters. The van der Waals surface area contributed by atoms with Crippen molar-refractivity contribution in [3.8, 4) is 17.2 Å². The molecule has 6 heteroatoms. The second kappa shape index (κ2) is 8.09. The number of carbonyl (C=O) groups excluding carboxylic acids is 1. The first-order chi connectivity index (χ1) is 14.0. The minimum absolute atomic E-state index is 0.202. The number of ether oxygens (including phenoxy) is 1. The molecule has 29 heavy (non-hydrogen) atoms. The van der Waals surface area contributed by atoms with Gasteiger partial charge in [0.2, 0.25) is 5.89 Å². The van der Waals surface area contributed by atoms with Gasteiger partial charge in [0.15, 0.2) is 5.58 Å². The van der Waals surface area contributed by atoms with E-state index in [2.05, 4.69) is 26.2 Å². The van der Waals surface area contributed by atoms with Gasteiger partial charge in [0.1, 0.15) is 11.3 Å². The number of halogens is 1. The Morgan fingerprint density at radius 2 is 1.97 bits per heavy atom. The predicted molar refractivity (Wildman–Crippen MR) is 117 cm³/mol. The average Bonchev–Trinajstić information content (AvgIpc) is 3.15. The number of hydrogen-bond donors (Lipinski definition) is 1. The van der Waals surface area contributed by atoms with Crippen LogP contribution in [0.1, 0.15) is 22.8 Å². The molecule has 1 heterocycles. The molecule has 0 atom stereocenters. The molecular weight excluding hydrogens is 432 g/mol. The fourth-order valence-corrected chi connectivity index (χ4v) is 3.49. The summed E-state index contributed by atoms with van der Waals surface area (Å²) in [5.41, 5.74) is 4.52. The zero-order valence-electron chi connectivity index (χ0n) is 16.0. The van der Waals surface area contributed by atoms with Crippen molar-refractivity contribution >= 4 is 38.6 Å². The second-order valence-corrected chi connectivity index (χ2v) is 7.40. The Kier molecular flexibility index (Phi) is 5.36. The molecule has 146 valence electrons. The van der Waals surface area contributed by atoms with Crippen LogP contribution in [0.4, 0.5) is 5.69 Å². The summed E-state index contributed by atoms with van der Waals surface area (Å²) in [6.07, 6.45) is 0. The van der Waals surface area contributed by atoms with E-state index in [1.54, 1.807) is 18.2 Å². The summed E-state index contributed by atoms with van der Waals surface area (Å²) in [7, 11) is 0. The van der Waals surface area contributed by atoms with Crippen LogP contribution in [-0.4, -0.2) is 17.5 Å². The highest BCUT2D eigenvalue weighted by atomic mass is 79.9. The number of amides is 1. The van der Waals surface area contributed by atoms with Crippen molar-refractivity contribution in [2.75, 3.05) is 11.9 Å². The molecule has 0 radical (unpaired) electrons. The van der Waals surface area contributed by atoms with Crippen LogP contribution in [0.3, 0.4) is 0 Å². The maximum absolute atomic E-state index is 12.8. The van der Waals surface area contributed by atoms with Crippen LogP contribution in [0.5, 0.6) is 5.75 Å². The summed E-state index contributed by atoms with van der Waals surface area (Å²) in [6.45, 7) is 4.42. The molecule has 0 aliphatic heterocycles. The highest BCUT2D eigenvalue weighted by Crippen LogP contribution is 2.29. The van der Waals surface area contributed by atoms with Gasteiger partial charge in [-0.1, -0.05) is 18.2 Å². The van der Waals surface area contributed by atoms with E-state index in [0.29, 0.717) is 29.5 Å². The molecule has 0 saturated carbocycles. The van der Waals surface area contributed by atoms with Gasteiger partial charge in [0, 0.05) is 16.8 Å². The molecule has 0 spiro atoms. The van der Waals surface area contributed by atoms with Crippen LogP contribution < -0.4 is 10.1 Å². The smallest absolute Gasteiger partial charge is 0.255 e. The number of rotatable bonds is 5. The maximum atomic E-state index is 12.8. The maximum Gasteiger partial charge on any atom is 0.255 e. The molecule has 0 bridgehead atoms. The number of anilines is 1. The molecule has 0 saturated heterocycles. The van der Waals surface area contributed by atoms with Crippen LogP contribution >= 0.6 is 15.9 Å². The highest BCUT2D eigenvalue weighted by molar-refractivity contribution is 9.10. The lowest BCUT2D eigenvalue weighted by molar-refractivity contribution is 0.102. The normalized spacial score (nSPS) is 10.9. The van der Waals surface area contributed by atoms with E-state index >= 15 is 0 Å². The van der Waals surface area contributed by atoms with Crippen LogP contribution in [0.2, 0.25) is 0 Å². The van der Waals surface area contributed by atoms with Gasteiger partial charge in [-0.2, -0.15) is 0 Å². The number of fused-ring (bicyclic) bond motifs is 1. The van der Waals surface area contributed by atoms with Gasteiger partial charge in [-0.15, -0.1) is 0 Å². The minimum atomic E-state index is -0.202. The lowest BCUT2D eigenvalue weighted by atomic mass is 10.1. The number of para-hydroxylation sites is 2. The molecule has 0 aliphatic carbocycles. The van der Waals surface area contributed by atoms with Gasteiger partial charge >= 0.3 is 0 Å². The Morgan fingerprint density at radius 1 is 1.14 bits per heavy atom. The van der Waals surface area contributed by atoms with Crippen LogP contribution in [0.25, 0.3) is 22.6 Å².